The summed E-state index contributed by atoms with van der Waals surface area (Å²) >= 11 is 0. The third kappa shape index (κ3) is 2.76. The number of nitrogen functional groups attached to an aromatic ring is 1. The number of hydrogen-bond donors (Lipinski definition) is 6. The van der Waals surface area contributed by atoms with Gasteiger partial charge in [0.05, 0.1) is 12.2 Å². The molecular formula is C13H19N3O6. The number of aliphatic hydroxyl groups excluding tert-OH is 3. The fourth-order valence-corrected chi connectivity index (χ4v) is 2.52. The number of nitrogens with one attached hydrogen (secondary N) is 1. The lowest BCUT2D eigenvalue weighted by Crippen LogP contribution is -2.68. The van der Waals surface area contributed by atoms with Gasteiger partial charge in [-0.1, -0.05) is 0 Å². The molecule has 9 heteroatoms. The lowest BCUT2D eigenvalue weighted by molar-refractivity contribution is -0.326. The Morgan fingerprint density at radius 3 is 2.73 bits per heavy atom. The minimum atomic E-state index is -2.25. The number of carbonyl (C=O) groups excluding carboxylic acids is 1. The van der Waals surface area contributed by atoms with Gasteiger partial charge in [-0.25, -0.2) is 4.98 Å². The number of hydrogen-bond acceptors (Lipinski definition) is 8. The van der Waals surface area contributed by atoms with E-state index in [1.807, 2.05) is 0 Å². The van der Waals surface area contributed by atoms with Gasteiger partial charge in [0.15, 0.2) is 0 Å². The maximum Gasteiger partial charge on any atom is 0.220 e. The summed E-state index contributed by atoms with van der Waals surface area (Å²) in [6.07, 6.45) is -2.95. The predicted molar refractivity (Wildman–Crippen MR) is 74.1 cm³/mol. The van der Waals surface area contributed by atoms with E-state index in [1.165, 1.54) is 25.3 Å². The number of pyridine rings is 1. The Labute approximate surface area is 126 Å². The Morgan fingerprint density at radius 1 is 1.50 bits per heavy atom. The van der Waals surface area contributed by atoms with E-state index >= 15 is 0 Å². The van der Waals surface area contributed by atoms with Crippen LogP contribution in [-0.2, 0) is 15.3 Å². The van der Waals surface area contributed by atoms with Crippen molar-refractivity contribution in [1.29, 1.82) is 0 Å². The summed E-state index contributed by atoms with van der Waals surface area (Å²) in [6.45, 7) is 0.539. The first-order valence-electron chi connectivity index (χ1n) is 6.66. The SMILES string of the molecule is CC(=O)N[C@@H]1[C@@H](O)[C@H](O)[C@@H](CO)OC1(O)c1cccnc1N. The molecule has 1 aromatic heterocycles. The van der Waals surface area contributed by atoms with Crippen LogP contribution in [-0.4, -0.2) is 62.3 Å². The molecule has 5 atom stereocenters. The largest absolute Gasteiger partial charge is 0.394 e. The van der Waals surface area contributed by atoms with E-state index < -0.39 is 42.7 Å². The molecule has 1 unspecified atom stereocenters. The summed E-state index contributed by atoms with van der Waals surface area (Å²) in [6, 6.07) is 1.51. The van der Waals surface area contributed by atoms with Gasteiger partial charge >= 0.3 is 0 Å². The third-order valence-corrected chi connectivity index (χ3v) is 3.59. The number of amides is 1. The van der Waals surface area contributed by atoms with Crippen LogP contribution >= 0.6 is 0 Å². The first kappa shape index (κ1) is 16.6. The molecular weight excluding hydrogens is 294 g/mol. The molecule has 1 aromatic rings. The molecule has 22 heavy (non-hydrogen) atoms. The average molecular weight is 313 g/mol. The van der Waals surface area contributed by atoms with Gasteiger partial charge in [0.1, 0.15) is 30.2 Å². The standard InChI is InChI=1S/C13H19N3O6/c1-6(18)16-11-10(20)9(19)8(5-17)22-13(11,21)7-3-2-4-15-12(7)14/h2-4,8-11,17,19-21H,5H2,1H3,(H2,14,15)(H,16,18)/t8-,9-,10+,11-,13?/m1/s1. The number of aromatic nitrogens is 1. The number of carbonyl (C=O) groups is 1. The summed E-state index contributed by atoms with van der Waals surface area (Å²) in [5, 5.41) is 42.6. The Hall–Kier alpha value is -1.78. The minimum Gasteiger partial charge on any atom is -0.394 e. The van der Waals surface area contributed by atoms with Crippen molar-refractivity contribution in [3.05, 3.63) is 23.9 Å². The lowest BCUT2D eigenvalue weighted by Gasteiger charge is -2.47. The molecule has 122 valence electrons. The van der Waals surface area contributed by atoms with Crippen molar-refractivity contribution in [2.24, 2.45) is 0 Å². The minimum absolute atomic E-state index is 0.0122. The van der Waals surface area contributed by atoms with Gasteiger partial charge in [0, 0.05) is 13.1 Å². The zero-order valence-electron chi connectivity index (χ0n) is 11.9. The molecule has 1 saturated heterocycles. The number of rotatable bonds is 3. The zero-order chi connectivity index (χ0) is 16.5. The van der Waals surface area contributed by atoms with Gasteiger partial charge in [-0.15, -0.1) is 0 Å². The number of nitrogens with two attached hydrogens (primary N) is 1. The Balaban J connectivity index is 2.51. The highest BCUT2D eigenvalue weighted by atomic mass is 16.6. The summed E-state index contributed by atoms with van der Waals surface area (Å²) < 4.78 is 5.35. The molecule has 7 N–H and O–H groups in total. The molecule has 1 aliphatic rings. The van der Waals surface area contributed by atoms with Crippen molar-refractivity contribution >= 4 is 11.7 Å². The van der Waals surface area contributed by atoms with E-state index in [0.29, 0.717) is 0 Å². The van der Waals surface area contributed by atoms with Crippen molar-refractivity contribution in [2.45, 2.75) is 37.1 Å². The fraction of sp³-hybridized carbons (Fsp3) is 0.538. The van der Waals surface area contributed by atoms with Gasteiger partial charge in [-0.2, -0.15) is 0 Å². The molecule has 0 radical (unpaired) electrons. The van der Waals surface area contributed by atoms with Crippen molar-refractivity contribution in [2.75, 3.05) is 12.3 Å². The van der Waals surface area contributed by atoms with Crippen LogP contribution in [0.4, 0.5) is 5.82 Å². The second-order valence-electron chi connectivity index (χ2n) is 5.13. The van der Waals surface area contributed by atoms with Crippen molar-refractivity contribution < 1.29 is 30.0 Å². The summed E-state index contributed by atoms with van der Waals surface area (Å²) in [7, 11) is 0. The molecule has 0 saturated carbocycles. The Bertz CT molecular complexity index is 556. The summed E-state index contributed by atoms with van der Waals surface area (Å²) in [4.78, 5) is 15.2. The van der Waals surface area contributed by atoms with E-state index in [1.54, 1.807) is 0 Å². The van der Waals surface area contributed by atoms with Crippen molar-refractivity contribution in [3.8, 4) is 0 Å². The highest BCUT2D eigenvalue weighted by molar-refractivity contribution is 5.73. The van der Waals surface area contributed by atoms with Crippen LogP contribution in [0, 0.1) is 0 Å². The van der Waals surface area contributed by atoms with Crippen LogP contribution in [0.5, 0.6) is 0 Å². The second kappa shape index (κ2) is 6.15. The Morgan fingerprint density at radius 2 is 2.18 bits per heavy atom. The van der Waals surface area contributed by atoms with E-state index in [9.17, 15) is 25.2 Å². The highest BCUT2D eigenvalue weighted by Gasteiger charge is 2.55. The van der Waals surface area contributed by atoms with E-state index in [4.69, 9.17) is 10.5 Å². The van der Waals surface area contributed by atoms with Crippen LogP contribution in [0.1, 0.15) is 12.5 Å². The summed E-state index contributed by atoms with van der Waals surface area (Å²) in [5.74, 6) is -2.88. The van der Waals surface area contributed by atoms with Crippen molar-refractivity contribution in [1.82, 2.24) is 10.3 Å². The predicted octanol–water partition coefficient (Wildman–Crippen LogP) is -2.57. The number of aliphatic hydroxyl groups is 4. The van der Waals surface area contributed by atoms with Crippen LogP contribution in [0.15, 0.2) is 18.3 Å². The molecule has 2 rings (SSSR count). The lowest BCUT2D eigenvalue weighted by atomic mass is 9.86. The normalized spacial score (nSPS) is 35.1. The number of ether oxygens (including phenoxy) is 1. The van der Waals surface area contributed by atoms with Gasteiger partial charge < -0.3 is 36.2 Å². The van der Waals surface area contributed by atoms with E-state index in [-0.39, 0.29) is 11.4 Å². The first-order chi connectivity index (χ1) is 10.3. The molecule has 0 aromatic carbocycles. The molecule has 2 heterocycles. The van der Waals surface area contributed by atoms with Gasteiger partial charge in [0.2, 0.25) is 11.7 Å². The Kier molecular flexibility index (Phi) is 4.63. The van der Waals surface area contributed by atoms with Crippen LogP contribution < -0.4 is 11.1 Å². The van der Waals surface area contributed by atoms with Gasteiger partial charge in [0.25, 0.3) is 0 Å². The highest BCUT2D eigenvalue weighted by Crippen LogP contribution is 2.38. The topological polar surface area (TPSA) is 158 Å². The molecule has 1 aliphatic heterocycles. The molecule has 0 bridgehead atoms. The molecule has 0 aliphatic carbocycles. The fourth-order valence-electron chi connectivity index (χ4n) is 2.52. The van der Waals surface area contributed by atoms with Crippen LogP contribution in [0.3, 0.4) is 0 Å². The second-order valence-corrected chi connectivity index (χ2v) is 5.13. The van der Waals surface area contributed by atoms with E-state index in [0.717, 1.165) is 0 Å². The van der Waals surface area contributed by atoms with E-state index in [2.05, 4.69) is 10.3 Å². The zero-order valence-corrected chi connectivity index (χ0v) is 11.9. The van der Waals surface area contributed by atoms with Gasteiger partial charge in [-0.05, 0) is 12.1 Å². The van der Waals surface area contributed by atoms with Crippen LogP contribution in [0.25, 0.3) is 0 Å². The average Bonchev–Trinajstić information content (AvgIpc) is 2.47. The monoisotopic (exact) mass is 313 g/mol. The molecule has 9 nitrogen and oxygen atoms in total. The maximum atomic E-state index is 11.4. The summed E-state index contributed by atoms with van der Waals surface area (Å²) in [5.41, 5.74) is 5.74. The number of nitrogens with zero attached hydrogens (tertiary/aromatic N) is 1. The van der Waals surface area contributed by atoms with Crippen molar-refractivity contribution in [3.63, 3.8) is 0 Å². The number of anilines is 1. The first-order valence-corrected chi connectivity index (χ1v) is 6.66. The third-order valence-electron chi connectivity index (χ3n) is 3.59. The molecule has 0 spiro atoms. The maximum absolute atomic E-state index is 11.4. The smallest absolute Gasteiger partial charge is 0.220 e. The quantitative estimate of drug-likeness (QED) is 0.355. The molecule has 1 amide bonds. The molecule has 1 fully saturated rings. The van der Waals surface area contributed by atoms with Gasteiger partial charge in [-0.3, -0.25) is 4.79 Å². The van der Waals surface area contributed by atoms with Crippen LogP contribution in [0.2, 0.25) is 0 Å².